The van der Waals surface area contributed by atoms with Gasteiger partial charge in [-0.3, -0.25) is 4.79 Å². The highest BCUT2D eigenvalue weighted by Gasteiger charge is 2.31. The van der Waals surface area contributed by atoms with Gasteiger partial charge in [0.15, 0.2) is 0 Å². The van der Waals surface area contributed by atoms with Gasteiger partial charge in [-0.05, 0) is 32.6 Å². The summed E-state index contributed by atoms with van der Waals surface area (Å²) in [5.41, 5.74) is 0. The van der Waals surface area contributed by atoms with Crippen molar-refractivity contribution in [3.05, 3.63) is 5.01 Å². The van der Waals surface area contributed by atoms with Gasteiger partial charge in [-0.2, -0.15) is 0 Å². The van der Waals surface area contributed by atoms with E-state index >= 15 is 0 Å². The molecule has 0 spiro atoms. The molecule has 2 fully saturated rings. The summed E-state index contributed by atoms with van der Waals surface area (Å²) in [6, 6.07) is 0.455. The van der Waals surface area contributed by atoms with Crippen LogP contribution in [0.1, 0.15) is 30.7 Å². The van der Waals surface area contributed by atoms with Gasteiger partial charge in [0.1, 0.15) is 5.01 Å². The molecule has 1 saturated carbocycles. The Hall–Kier alpha value is -1.17. The van der Waals surface area contributed by atoms with Crippen LogP contribution < -0.4 is 10.2 Å². The van der Waals surface area contributed by atoms with Gasteiger partial charge in [0.25, 0.3) is 0 Å². The van der Waals surface area contributed by atoms with Gasteiger partial charge in [0, 0.05) is 19.1 Å². The van der Waals surface area contributed by atoms with E-state index in [-0.39, 0.29) is 11.8 Å². The highest BCUT2D eigenvalue weighted by atomic mass is 32.1. The first-order valence-electron chi connectivity index (χ1n) is 6.58. The van der Waals surface area contributed by atoms with E-state index in [1.54, 1.807) is 11.3 Å². The lowest BCUT2D eigenvalue weighted by Crippen LogP contribution is -2.43. The maximum absolute atomic E-state index is 12.1. The van der Waals surface area contributed by atoms with E-state index < -0.39 is 0 Å². The van der Waals surface area contributed by atoms with E-state index in [4.69, 9.17) is 0 Å². The molecule has 6 heteroatoms. The second-order valence-electron chi connectivity index (χ2n) is 5.17. The number of rotatable bonds is 3. The zero-order valence-electron chi connectivity index (χ0n) is 10.6. The Morgan fingerprint density at radius 2 is 2.22 bits per heavy atom. The Bertz CT molecular complexity index is 443. The number of nitrogens with zero attached hydrogens (tertiary/aromatic N) is 3. The summed E-state index contributed by atoms with van der Waals surface area (Å²) in [5, 5.41) is 13.3. The SMILES string of the molecule is Cc1nnc(N2CCCC(C(=O)NC3CC3)C2)s1. The second kappa shape index (κ2) is 4.84. The molecule has 2 aliphatic rings. The van der Waals surface area contributed by atoms with Gasteiger partial charge in [0.2, 0.25) is 11.0 Å². The predicted octanol–water partition coefficient (Wildman–Crippen LogP) is 1.34. The van der Waals surface area contributed by atoms with E-state index in [1.807, 2.05) is 6.92 Å². The number of hydrogen-bond donors (Lipinski definition) is 1. The maximum atomic E-state index is 12.1. The third kappa shape index (κ3) is 2.63. The van der Waals surface area contributed by atoms with Gasteiger partial charge >= 0.3 is 0 Å². The molecular formula is C12H18N4OS. The number of amides is 1. The zero-order chi connectivity index (χ0) is 12.5. The molecule has 2 heterocycles. The first-order chi connectivity index (χ1) is 8.72. The van der Waals surface area contributed by atoms with Crippen LogP contribution in [-0.2, 0) is 4.79 Å². The van der Waals surface area contributed by atoms with Crippen molar-refractivity contribution in [2.75, 3.05) is 18.0 Å². The fourth-order valence-corrected chi connectivity index (χ4v) is 3.05. The van der Waals surface area contributed by atoms with Crippen molar-refractivity contribution in [1.82, 2.24) is 15.5 Å². The average molecular weight is 266 g/mol. The summed E-state index contributed by atoms with van der Waals surface area (Å²) in [6.45, 7) is 3.73. The van der Waals surface area contributed by atoms with Gasteiger partial charge < -0.3 is 10.2 Å². The van der Waals surface area contributed by atoms with Crippen LogP contribution in [0, 0.1) is 12.8 Å². The third-order valence-corrected chi connectivity index (χ3v) is 4.40. The first kappa shape index (κ1) is 11.9. The highest BCUT2D eigenvalue weighted by molar-refractivity contribution is 7.15. The molecule has 1 aromatic rings. The second-order valence-corrected chi connectivity index (χ2v) is 6.33. The Kier molecular flexibility index (Phi) is 3.20. The number of hydrogen-bond acceptors (Lipinski definition) is 5. The van der Waals surface area contributed by atoms with Crippen molar-refractivity contribution in [2.24, 2.45) is 5.92 Å². The molecule has 0 aromatic carbocycles. The van der Waals surface area contributed by atoms with Crippen molar-refractivity contribution in [3.8, 4) is 0 Å². The smallest absolute Gasteiger partial charge is 0.225 e. The van der Waals surface area contributed by atoms with E-state index in [0.29, 0.717) is 6.04 Å². The summed E-state index contributed by atoms with van der Waals surface area (Å²) in [4.78, 5) is 14.3. The molecule has 1 unspecified atom stereocenters. The number of aromatic nitrogens is 2. The normalized spacial score (nSPS) is 24.1. The molecule has 1 aromatic heterocycles. The Labute approximate surface area is 111 Å². The lowest BCUT2D eigenvalue weighted by Gasteiger charge is -2.31. The summed E-state index contributed by atoms with van der Waals surface area (Å²) in [5.74, 6) is 0.340. The van der Waals surface area contributed by atoms with Gasteiger partial charge in [-0.1, -0.05) is 11.3 Å². The first-order valence-corrected chi connectivity index (χ1v) is 7.39. The standard InChI is InChI=1S/C12H18N4OS/c1-8-14-15-12(18-8)16-6-2-3-9(7-16)11(17)13-10-4-5-10/h9-10H,2-7H2,1H3,(H,13,17). The number of piperidine rings is 1. The number of aryl methyl sites for hydroxylation is 1. The molecular weight excluding hydrogens is 248 g/mol. The van der Waals surface area contributed by atoms with Crippen LogP contribution in [0.25, 0.3) is 0 Å². The largest absolute Gasteiger partial charge is 0.353 e. The number of anilines is 1. The minimum atomic E-state index is 0.114. The van der Waals surface area contributed by atoms with Crippen LogP contribution in [0.2, 0.25) is 0 Å². The van der Waals surface area contributed by atoms with Crippen LogP contribution in [0.5, 0.6) is 0 Å². The monoisotopic (exact) mass is 266 g/mol. The Morgan fingerprint density at radius 3 is 2.89 bits per heavy atom. The lowest BCUT2D eigenvalue weighted by molar-refractivity contribution is -0.125. The fraction of sp³-hybridized carbons (Fsp3) is 0.750. The Morgan fingerprint density at radius 1 is 1.39 bits per heavy atom. The van der Waals surface area contributed by atoms with E-state index in [2.05, 4.69) is 20.4 Å². The molecule has 0 bridgehead atoms. The number of nitrogens with one attached hydrogen (secondary N) is 1. The average Bonchev–Trinajstić information content (AvgIpc) is 3.08. The fourth-order valence-electron chi connectivity index (χ4n) is 2.33. The van der Waals surface area contributed by atoms with E-state index in [1.165, 1.54) is 0 Å². The van der Waals surface area contributed by atoms with Crippen LogP contribution in [0.4, 0.5) is 5.13 Å². The minimum absolute atomic E-state index is 0.114. The van der Waals surface area contributed by atoms with Crippen molar-refractivity contribution in [2.45, 2.75) is 38.6 Å². The summed E-state index contributed by atoms with van der Waals surface area (Å²) < 4.78 is 0. The number of carbonyl (C=O) groups is 1. The topological polar surface area (TPSA) is 58.1 Å². The van der Waals surface area contributed by atoms with Crippen molar-refractivity contribution >= 4 is 22.4 Å². The van der Waals surface area contributed by atoms with E-state index in [0.717, 1.165) is 48.9 Å². The molecule has 1 aliphatic carbocycles. The molecule has 0 radical (unpaired) electrons. The van der Waals surface area contributed by atoms with Crippen LogP contribution in [-0.4, -0.2) is 35.2 Å². The molecule has 1 amide bonds. The molecule has 3 rings (SSSR count). The zero-order valence-corrected chi connectivity index (χ0v) is 11.4. The maximum Gasteiger partial charge on any atom is 0.225 e. The highest BCUT2D eigenvalue weighted by Crippen LogP contribution is 2.27. The summed E-state index contributed by atoms with van der Waals surface area (Å²) in [7, 11) is 0. The summed E-state index contributed by atoms with van der Waals surface area (Å²) >= 11 is 1.61. The van der Waals surface area contributed by atoms with Gasteiger partial charge in [0.05, 0.1) is 5.92 Å². The quantitative estimate of drug-likeness (QED) is 0.897. The molecule has 1 aliphatic heterocycles. The predicted molar refractivity (Wildman–Crippen MR) is 70.7 cm³/mol. The molecule has 98 valence electrons. The van der Waals surface area contributed by atoms with Gasteiger partial charge in [-0.15, -0.1) is 10.2 Å². The van der Waals surface area contributed by atoms with Gasteiger partial charge in [-0.25, -0.2) is 0 Å². The summed E-state index contributed by atoms with van der Waals surface area (Å²) in [6.07, 6.45) is 4.35. The molecule has 1 atom stereocenters. The van der Waals surface area contributed by atoms with Crippen LogP contribution >= 0.6 is 11.3 Å². The van der Waals surface area contributed by atoms with E-state index in [9.17, 15) is 4.79 Å². The van der Waals surface area contributed by atoms with Crippen molar-refractivity contribution in [3.63, 3.8) is 0 Å². The molecule has 18 heavy (non-hydrogen) atoms. The van der Waals surface area contributed by atoms with Crippen molar-refractivity contribution < 1.29 is 4.79 Å². The lowest BCUT2D eigenvalue weighted by atomic mass is 9.97. The number of carbonyl (C=O) groups excluding carboxylic acids is 1. The van der Waals surface area contributed by atoms with Crippen molar-refractivity contribution in [1.29, 1.82) is 0 Å². The Balaban J connectivity index is 1.62. The minimum Gasteiger partial charge on any atom is -0.353 e. The molecule has 1 saturated heterocycles. The molecule has 1 N–H and O–H groups in total. The molecule has 5 nitrogen and oxygen atoms in total. The van der Waals surface area contributed by atoms with Crippen LogP contribution in [0.3, 0.4) is 0 Å². The third-order valence-electron chi connectivity index (χ3n) is 3.50. The van der Waals surface area contributed by atoms with Crippen LogP contribution in [0.15, 0.2) is 0 Å².